The number of anilines is 1. The van der Waals surface area contributed by atoms with E-state index in [4.69, 9.17) is 4.74 Å². The Morgan fingerprint density at radius 3 is 2.55 bits per heavy atom. The van der Waals surface area contributed by atoms with Gasteiger partial charge in [0.15, 0.2) is 11.0 Å². The number of hydrogen-bond donors (Lipinski definition) is 1. The third kappa shape index (κ3) is 5.26. The topological polar surface area (TPSA) is 89.3 Å². The molecular weight excluding hydrogens is 505 g/mol. The van der Waals surface area contributed by atoms with Crippen molar-refractivity contribution >= 4 is 29.3 Å². The second-order valence-corrected chi connectivity index (χ2v) is 9.58. The number of methoxy groups -OCH3 is 1. The number of rotatable bonds is 8. The molecule has 0 unspecified atom stereocenters. The predicted octanol–water partition coefficient (Wildman–Crippen LogP) is 4.42. The number of carbonyl (C=O) groups excluding carboxylic acids is 2. The van der Waals surface area contributed by atoms with E-state index in [1.54, 1.807) is 23.8 Å². The van der Waals surface area contributed by atoms with Gasteiger partial charge in [0.05, 0.1) is 30.7 Å². The van der Waals surface area contributed by atoms with Crippen LogP contribution in [0.3, 0.4) is 0 Å². The summed E-state index contributed by atoms with van der Waals surface area (Å²) in [6, 6.07) is 21.1. The van der Waals surface area contributed by atoms with Gasteiger partial charge in [-0.15, -0.1) is 10.2 Å². The van der Waals surface area contributed by atoms with Crippen molar-refractivity contribution in [3.05, 3.63) is 95.6 Å². The third-order valence-electron chi connectivity index (χ3n) is 6.29. The van der Waals surface area contributed by atoms with Gasteiger partial charge in [-0.1, -0.05) is 54.2 Å². The first-order valence-corrected chi connectivity index (χ1v) is 13.2. The lowest BCUT2D eigenvalue weighted by Gasteiger charge is -2.29. The normalized spacial score (nSPS) is 12.6. The van der Waals surface area contributed by atoms with Gasteiger partial charge in [0.1, 0.15) is 11.6 Å². The summed E-state index contributed by atoms with van der Waals surface area (Å²) in [6.45, 7) is 0.662. The van der Waals surface area contributed by atoms with Crippen LogP contribution in [0.25, 0.3) is 5.69 Å². The SMILES string of the molecule is COc1ccccc1-n1c(CNC(=O)c2ccccc2F)nnc1SCC(=O)N1CCCc2ccccc21. The minimum absolute atomic E-state index is 0.00772. The number of nitrogens with one attached hydrogen (secondary N) is 1. The Balaban J connectivity index is 1.39. The molecule has 1 aliphatic rings. The van der Waals surface area contributed by atoms with Crippen LogP contribution in [0.5, 0.6) is 5.75 Å². The summed E-state index contributed by atoms with van der Waals surface area (Å²) >= 11 is 1.26. The molecular formula is C28H26FN5O3S. The van der Waals surface area contributed by atoms with Gasteiger partial charge in [0.2, 0.25) is 5.91 Å². The molecule has 1 aliphatic heterocycles. The van der Waals surface area contributed by atoms with E-state index in [1.807, 2.05) is 41.3 Å². The Hall–Kier alpha value is -4.18. The molecule has 10 heteroatoms. The molecule has 0 atom stereocenters. The number of aryl methyl sites for hydroxylation is 1. The molecule has 5 rings (SSSR count). The molecule has 38 heavy (non-hydrogen) atoms. The molecule has 194 valence electrons. The van der Waals surface area contributed by atoms with Gasteiger partial charge in [0, 0.05) is 12.2 Å². The van der Waals surface area contributed by atoms with E-state index < -0.39 is 11.7 Å². The van der Waals surface area contributed by atoms with Crippen LogP contribution in [0, 0.1) is 5.82 Å². The fraction of sp³-hybridized carbons (Fsp3) is 0.214. The zero-order valence-electron chi connectivity index (χ0n) is 20.8. The van der Waals surface area contributed by atoms with Crippen LogP contribution in [0.15, 0.2) is 78.0 Å². The molecule has 0 spiro atoms. The van der Waals surface area contributed by atoms with E-state index in [0.717, 1.165) is 18.5 Å². The largest absolute Gasteiger partial charge is 0.495 e. The highest BCUT2D eigenvalue weighted by Crippen LogP contribution is 2.31. The molecule has 0 radical (unpaired) electrons. The van der Waals surface area contributed by atoms with Crippen LogP contribution in [0.2, 0.25) is 0 Å². The fourth-order valence-corrected chi connectivity index (χ4v) is 5.30. The molecule has 8 nitrogen and oxygen atoms in total. The van der Waals surface area contributed by atoms with E-state index >= 15 is 0 Å². The molecule has 2 heterocycles. The molecule has 0 saturated carbocycles. The predicted molar refractivity (Wildman–Crippen MR) is 143 cm³/mol. The summed E-state index contributed by atoms with van der Waals surface area (Å²) in [7, 11) is 1.56. The van der Waals surface area contributed by atoms with Crippen molar-refractivity contribution in [1.29, 1.82) is 0 Å². The Labute approximate surface area is 223 Å². The lowest BCUT2D eigenvalue weighted by atomic mass is 10.0. The van der Waals surface area contributed by atoms with Crippen LogP contribution in [-0.2, 0) is 17.8 Å². The van der Waals surface area contributed by atoms with Gasteiger partial charge in [0.25, 0.3) is 5.91 Å². The summed E-state index contributed by atoms with van der Waals surface area (Å²) < 4.78 is 21.4. The van der Waals surface area contributed by atoms with Crippen LogP contribution in [0.1, 0.15) is 28.2 Å². The molecule has 4 aromatic rings. The molecule has 0 aliphatic carbocycles. The Kier molecular flexibility index (Phi) is 7.69. The third-order valence-corrected chi connectivity index (χ3v) is 7.20. The van der Waals surface area contributed by atoms with Crippen LogP contribution >= 0.6 is 11.8 Å². The minimum Gasteiger partial charge on any atom is -0.495 e. The van der Waals surface area contributed by atoms with Crippen molar-refractivity contribution in [2.45, 2.75) is 24.5 Å². The maximum Gasteiger partial charge on any atom is 0.254 e. The monoisotopic (exact) mass is 531 g/mol. The first kappa shape index (κ1) is 25.5. The maximum atomic E-state index is 14.1. The summed E-state index contributed by atoms with van der Waals surface area (Å²) in [5.74, 6) is -0.0461. The molecule has 0 bridgehead atoms. The van der Waals surface area contributed by atoms with Crippen LogP contribution in [0.4, 0.5) is 10.1 Å². The van der Waals surface area contributed by atoms with E-state index in [9.17, 15) is 14.0 Å². The van der Waals surface area contributed by atoms with Crippen molar-refractivity contribution in [3.63, 3.8) is 0 Å². The second-order valence-electron chi connectivity index (χ2n) is 8.63. The summed E-state index contributed by atoms with van der Waals surface area (Å²) in [5.41, 5.74) is 2.72. The van der Waals surface area contributed by atoms with Crippen molar-refractivity contribution in [2.24, 2.45) is 0 Å². The smallest absolute Gasteiger partial charge is 0.254 e. The summed E-state index contributed by atoms with van der Waals surface area (Å²) in [4.78, 5) is 27.7. The summed E-state index contributed by atoms with van der Waals surface area (Å²) in [5, 5.41) is 11.8. The first-order valence-electron chi connectivity index (χ1n) is 12.2. The molecule has 0 fully saturated rings. The van der Waals surface area contributed by atoms with Crippen LogP contribution in [-0.4, -0.2) is 46.0 Å². The average molecular weight is 532 g/mol. The number of thioether (sulfide) groups is 1. The lowest BCUT2D eigenvalue weighted by Crippen LogP contribution is -2.36. The van der Waals surface area contributed by atoms with E-state index in [-0.39, 0.29) is 23.8 Å². The van der Waals surface area contributed by atoms with Crippen LogP contribution < -0.4 is 15.0 Å². The number of aromatic nitrogens is 3. The van der Waals surface area contributed by atoms with Gasteiger partial charge in [-0.05, 0) is 48.7 Å². The Morgan fingerprint density at radius 2 is 1.74 bits per heavy atom. The number of carbonyl (C=O) groups is 2. The van der Waals surface area contributed by atoms with Gasteiger partial charge in [-0.25, -0.2) is 4.39 Å². The number of amides is 2. The highest BCUT2D eigenvalue weighted by molar-refractivity contribution is 7.99. The zero-order chi connectivity index (χ0) is 26.5. The number of hydrogen-bond acceptors (Lipinski definition) is 6. The highest BCUT2D eigenvalue weighted by atomic mass is 32.2. The van der Waals surface area contributed by atoms with Gasteiger partial charge in [-0.3, -0.25) is 14.2 Å². The van der Waals surface area contributed by atoms with Crippen molar-refractivity contribution < 1.29 is 18.7 Å². The average Bonchev–Trinajstić information content (AvgIpc) is 3.37. The van der Waals surface area contributed by atoms with Gasteiger partial charge >= 0.3 is 0 Å². The number of ether oxygens (including phenoxy) is 1. The first-order chi connectivity index (χ1) is 18.6. The Bertz CT molecular complexity index is 1470. The van der Waals surface area contributed by atoms with E-state index in [0.29, 0.717) is 29.0 Å². The second kappa shape index (κ2) is 11.5. The zero-order valence-corrected chi connectivity index (χ0v) is 21.6. The fourth-order valence-electron chi connectivity index (χ4n) is 4.46. The van der Waals surface area contributed by atoms with Gasteiger partial charge in [-0.2, -0.15) is 0 Å². The Morgan fingerprint density at radius 1 is 1.00 bits per heavy atom. The van der Waals surface area contributed by atoms with E-state index in [1.165, 1.54) is 35.5 Å². The lowest BCUT2D eigenvalue weighted by molar-refractivity contribution is -0.116. The molecule has 2 amide bonds. The quantitative estimate of drug-likeness (QED) is 0.339. The number of fused-ring (bicyclic) bond motifs is 1. The molecule has 1 aromatic heterocycles. The van der Waals surface area contributed by atoms with E-state index in [2.05, 4.69) is 21.6 Å². The van der Waals surface area contributed by atoms with Crippen molar-refractivity contribution in [3.8, 4) is 11.4 Å². The highest BCUT2D eigenvalue weighted by Gasteiger charge is 2.24. The number of halogens is 1. The molecule has 3 aromatic carbocycles. The van der Waals surface area contributed by atoms with Crippen molar-refractivity contribution in [1.82, 2.24) is 20.1 Å². The van der Waals surface area contributed by atoms with Gasteiger partial charge < -0.3 is 15.0 Å². The number of para-hydroxylation sites is 3. The molecule has 0 saturated heterocycles. The molecule has 1 N–H and O–H groups in total. The number of benzene rings is 3. The minimum atomic E-state index is -0.606. The summed E-state index contributed by atoms with van der Waals surface area (Å²) in [6.07, 6.45) is 1.87. The van der Waals surface area contributed by atoms with Crippen molar-refractivity contribution in [2.75, 3.05) is 24.3 Å². The number of nitrogens with zero attached hydrogens (tertiary/aromatic N) is 4. The standard InChI is InChI=1S/C28H26FN5O3S/c1-37-24-15-7-6-14-23(24)34-25(17-30-27(36)20-11-3-4-12-21(20)29)31-32-28(34)38-18-26(35)33-16-8-10-19-9-2-5-13-22(19)33/h2-7,9,11-15H,8,10,16-18H2,1H3,(H,30,36). The maximum absolute atomic E-state index is 14.1.